The highest BCUT2D eigenvalue weighted by atomic mass is 32.1. The van der Waals surface area contributed by atoms with Crippen molar-refractivity contribution in [2.75, 3.05) is 46.6 Å². The van der Waals surface area contributed by atoms with Crippen molar-refractivity contribution in [1.29, 1.82) is 0 Å². The highest BCUT2D eigenvalue weighted by Crippen LogP contribution is 2.29. The second-order valence-electron chi connectivity index (χ2n) is 6.35. The van der Waals surface area contributed by atoms with Gasteiger partial charge in [-0.15, -0.1) is 11.3 Å². The maximum absolute atomic E-state index is 12.7. The second-order valence-corrected chi connectivity index (χ2v) is 7.33. The molecule has 1 N–H and O–H groups in total. The first-order valence-electron chi connectivity index (χ1n) is 9.28. The zero-order valence-corrected chi connectivity index (χ0v) is 16.9. The zero-order valence-electron chi connectivity index (χ0n) is 16.1. The lowest BCUT2D eigenvalue weighted by atomic mass is 10.1. The third-order valence-corrected chi connectivity index (χ3v) is 5.57. The van der Waals surface area contributed by atoms with Gasteiger partial charge in [0.25, 0.3) is 5.91 Å². The Hall–Kier alpha value is -2.35. The summed E-state index contributed by atoms with van der Waals surface area (Å²) in [6.45, 7) is 7.72. The first-order valence-corrected chi connectivity index (χ1v) is 10.2. The quantitative estimate of drug-likeness (QED) is 0.653. The third-order valence-electron chi connectivity index (χ3n) is 4.60. The van der Waals surface area contributed by atoms with Crippen molar-refractivity contribution in [2.24, 2.45) is 0 Å². The molecule has 0 radical (unpaired) electrons. The lowest BCUT2D eigenvalue weighted by Crippen LogP contribution is -2.43. The molecule has 1 amide bonds. The number of carbonyl (C=O) groups is 1. The van der Waals surface area contributed by atoms with Crippen molar-refractivity contribution in [1.82, 2.24) is 10.2 Å². The molecule has 6 nitrogen and oxygen atoms in total. The lowest BCUT2D eigenvalue weighted by molar-refractivity contribution is 0.0169. The number of benzene rings is 1. The number of hydrogen-bond acceptors (Lipinski definition) is 6. The molecule has 150 valence electrons. The zero-order chi connectivity index (χ0) is 19.8. The number of nitrogens with zero attached hydrogens (tertiary/aromatic N) is 1. The van der Waals surface area contributed by atoms with Gasteiger partial charge in [0.15, 0.2) is 11.5 Å². The van der Waals surface area contributed by atoms with Gasteiger partial charge in [0.05, 0.1) is 26.4 Å². The number of amides is 1. The Balaban J connectivity index is 1.67. The molecule has 1 aromatic heterocycles. The van der Waals surface area contributed by atoms with E-state index in [1.165, 1.54) is 4.88 Å². The Bertz CT molecular complexity index is 773. The Kier molecular flexibility index (Phi) is 7.47. The number of thiophene rings is 1. The van der Waals surface area contributed by atoms with Crippen molar-refractivity contribution in [2.45, 2.75) is 6.04 Å². The average molecular weight is 403 g/mol. The summed E-state index contributed by atoms with van der Waals surface area (Å²) in [5, 5.41) is 5.14. The van der Waals surface area contributed by atoms with E-state index < -0.39 is 0 Å². The maximum atomic E-state index is 12.7. The maximum Gasteiger partial charge on any atom is 0.251 e. The number of rotatable bonds is 9. The van der Waals surface area contributed by atoms with Crippen LogP contribution in [0.3, 0.4) is 0 Å². The molecule has 2 heterocycles. The number of nitrogens with one attached hydrogen (secondary N) is 1. The molecule has 1 aliphatic heterocycles. The fraction of sp³-hybridized carbons (Fsp3) is 0.381. The summed E-state index contributed by atoms with van der Waals surface area (Å²) in [5.41, 5.74) is 0.537. The molecule has 1 atom stereocenters. The van der Waals surface area contributed by atoms with Gasteiger partial charge in [0.2, 0.25) is 0 Å². The standard InChI is InChI=1S/C21H26N2O4S/c1-3-10-27-18-7-6-16(14-19(18)25-2)21(24)22-15-17(20-5-4-13-28-20)23-8-11-26-12-9-23/h3-7,13-14,17H,1,8-12,15H2,2H3,(H,22,24). The molecule has 0 aliphatic carbocycles. The average Bonchev–Trinajstić information content (AvgIpc) is 3.27. The molecular formula is C21H26N2O4S. The SMILES string of the molecule is C=CCOc1ccc(C(=O)NCC(c2cccs2)N2CCOCC2)cc1OC. The van der Waals surface area contributed by atoms with Crippen LogP contribution in [0.1, 0.15) is 21.3 Å². The van der Waals surface area contributed by atoms with Crippen molar-refractivity contribution >= 4 is 17.2 Å². The Morgan fingerprint density at radius 2 is 2.18 bits per heavy atom. The van der Waals surface area contributed by atoms with E-state index in [2.05, 4.69) is 28.2 Å². The van der Waals surface area contributed by atoms with Crippen molar-refractivity contribution in [3.8, 4) is 11.5 Å². The number of carbonyl (C=O) groups excluding carboxylic acids is 1. The summed E-state index contributed by atoms with van der Waals surface area (Å²) in [6, 6.07) is 9.49. The van der Waals surface area contributed by atoms with E-state index in [9.17, 15) is 4.79 Å². The molecule has 28 heavy (non-hydrogen) atoms. The van der Waals surface area contributed by atoms with Crippen LogP contribution in [0.15, 0.2) is 48.4 Å². The van der Waals surface area contributed by atoms with Crippen LogP contribution < -0.4 is 14.8 Å². The van der Waals surface area contributed by atoms with Gasteiger partial charge >= 0.3 is 0 Å². The molecule has 1 fully saturated rings. The fourth-order valence-corrected chi connectivity index (χ4v) is 4.01. The number of methoxy groups -OCH3 is 1. The molecule has 0 saturated carbocycles. The van der Waals surface area contributed by atoms with Crippen LogP contribution in [-0.2, 0) is 4.74 Å². The molecule has 2 aromatic rings. The molecule has 0 spiro atoms. The van der Waals surface area contributed by atoms with E-state index in [-0.39, 0.29) is 11.9 Å². The predicted molar refractivity (Wildman–Crippen MR) is 110 cm³/mol. The van der Waals surface area contributed by atoms with Crippen LogP contribution in [0.5, 0.6) is 11.5 Å². The number of ether oxygens (including phenoxy) is 3. The Morgan fingerprint density at radius 3 is 2.86 bits per heavy atom. The minimum absolute atomic E-state index is 0.136. The lowest BCUT2D eigenvalue weighted by Gasteiger charge is -2.34. The van der Waals surface area contributed by atoms with Gasteiger partial charge in [-0.1, -0.05) is 18.7 Å². The number of hydrogen-bond donors (Lipinski definition) is 1. The third kappa shape index (κ3) is 5.13. The minimum Gasteiger partial charge on any atom is -0.493 e. The molecule has 1 unspecified atom stereocenters. The first kappa shape index (κ1) is 20.4. The van der Waals surface area contributed by atoms with Crippen molar-refractivity contribution in [3.63, 3.8) is 0 Å². The Morgan fingerprint density at radius 1 is 1.36 bits per heavy atom. The largest absolute Gasteiger partial charge is 0.493 e. The predicted octanol–water partition coefficient (Wildman–Crippen LogP) is 3.12. The highest BCUT2D eigenvalue weighted by Gasteiger charge is 2.24. The summed E-state index contributed by atoms with van der Waals surface area (Å²) in [4.78, 5) is 16.3. The summed E-state index contributed by atoms with van der Waals surface area (Å²) >= 11 is 1.71. The van der Waals surface area contributed by atoms with Gasteiger partial charge in [-0.05, 0) is 29.6 Å². The molecular weight excluding hydrogens is 376 g/mol. The topological polar surface area (TPSA) is 60.0 Å². The summed E-state index contributed by atoms with van der Waals surface area (Å²) < 4.78 is 16.4. The highest BCUT2D eigenvalue weighted by molar-refractivity contribution is 7.10. The van der Waals surface area contributed by atoms with Gasteiger partial charge in [-0.2, -0.15) is 0 Å². The molecule has 3 rings (SSSR count). The first-order chi connectivity index (χ1) is 13.7. The van der Waals surface area contributed by atoms with Crippen LogP contribution in [0.4, 0.5) is 0 Å². The van der Waals surface area contributed by atoms with Gasteiger partial charge in [-0.25, -0.2) is 0 Å². The van der Waals surface area contributed by atoms with Crippen LogP contribution >= 0.6 is 11.3 Å². The molecule has 1 saturated heterocycles. The van der Waals surface area contributed by atoms with Gasteiger partial charge < -0.3 is 19.5 Å². The Labute approximate surface area is 169 Å². The normalized spacial score (nSPS) is 15.6. The van der Waals surface area contributed by atoms with Crippen LogP contribution in [0, 0.1) is 0 Å². The monoisotopic (exact) mass is 402 g/mol. The van der Waals surface area contributed by atoms with Gasteiger partial charge in [0, 0.05) is 30.1 Å². The van der Waals surface area contributed by atoms with Crippen molar-refractivity contribution in [3.05, 3.63) is 58.8 Å². The van der Waals surface area contributed by atoms with E-state index >= 15 is 0 Å². The molecule has 1 aliphatic rings. The van der Waals surface area contributed by atoms with Crippen LogP contribution in [-0.4, -0.2) is 57.4 Å². The second kappa shape index (κ2) is 10.3. The van der Waals surface area contributed by atoms with E-state index in [0.717, 1.165) is 26.3 Å². The smallest absolute Gasteiger partial charge is 0.251 e. The van der Waals surface area contributed by atoms with E-state index in [1.54, 1.807) is 42.7 Å². The van der Waals surface area contributed by atoms with Gasteiger partial charge in [-0.3, -0.25) is 9.69 Å². The van der Waals surface area contributed by atoms with Crippen LogP contribution in [0.2, 0.25) is 0 Å². The van der Waals surface area contributed by atoms with Crippen molar-refractivity contribution < 1.29 is 19.0 Å². The van der Waals surface area contributed by atoms with E-state index in [4.69, 9.17) is 14.2 Å². The molecule has 1 aromatic carbocycles. The van der Waals surface area contributed by atoms with E-state index in [1.807, 2.05) is 6.07 Å². The minimum atomic E-state index is -0.136. The van der Waals surface area contributed by atoms with E-state index in [0.29, 0.717) is 30.2 Å². The molecule has 7 heteroatoms. The summed E-state index contributed by atoms with van der Waals surface area (Å²) in [6.07, 6.45) is 1.66. The molecule has 0 bridgehead atoms. The summed E-state index contributed by atoms with van der Waals surface area (Å²) in [7, 11) is 1.56. The van der Waals surface area contributed by atoms with Crippen LogP contribution in [0.25, 0.3) is 0 Å². The fourth-order valence-electron chi connectivity index (χ4n) is 3.15. The summed E-state index contributed by atoms with van der Waals surface area (Å²) in [5.74, 6) is 0.976. The van der Waals surface area contributed by atoms with Gasteiger partial charge in [0.1, 0.15) is 6.61 Å². The number of morpholine rings is 1.